The highest BCUT2D eigenvalue weighted by Crippen LogP contribution is 2.03. The fraction of sp³-hybridized carbons (Fsp3) is 0.286. The molecular formula is C7H9NO+2. The van der Waals surface area contributed by atoms with E-state index in [1.807, 2.05) is 19.2 Å². The maximum atomic E-state index is 10.3. The van der Waals surface area contributed by atoms with Gasteiger partial charge in [-0.05, 0) is 0 Å². The molecule has 1 atom stereocenters. The maximum absolute atomic E-state index is 10.3. The van der Waals surface area contributed by atoms with Gasteiger partial charge in [0.2, 0.25) is 6.20 Å². The summed E-state index contributed by atoms with van der Waals surface area (Å²) < 4.78 is 0.316. The Morgan fingerprint density at radius 2 is 2.56 bits per heavy atom. The van der Waals surface area contributed by atoms with E-state index in [2.05, 4.69) is 6.08 Å². The average Bonchev–Trinajstić information content (AvgIpc) is 1.90. The summed E-state index contributed by atoms with van der Waals surface area (Å²) in [6.07, 6.45) is 9.25. The van der Waals surface area contributed by atoms with E-state index in [1.165, 1.54) is 0 Å². The van der Waals surface area contributed by atoms with Gasteiger partial charge in [0, 0.05) is 0 Å². The monoisotopic (exact) mass is 123 g/mol. The van der Waals surface area contributed by atoms with E-state index in [0.717, 1.165) is 13.0 Å². The summed E-state index contributed by atoms with van der Waals surface area (Å²) in [5.74, 6) is 0. The fourth-order valence-corrected chi connectivity index (χ4v) is 0.687. The third kappa shape index (κ3) is 1.22. The molecule has 0 radical (unpaired) electrons. The maximum Gasteiger partial charge on any atom is 0.309 e. The third-order valence-electron chi connectivity index (χ3n) is 1.32. The highest BCUT2D eigenvalue weighted by Gasteiger charge is 2.22. The molecule has 0 N–H and O–H groups in total. The molecule has 1 aliphatic rings. The molecule has 2 heteroatoms. The van der Waals surface area contributed by atoms with Crippen molar-refractivity contribution in [3.05, 3.63) is 24.4 Å². The lowest BCUT2D eigenvalue weighted by atomic mass is 10.3. The number of hydrogen-bond acceptors (Lipinski definition) is 1. The van der Waals surface area contributed by atoms with Crippen LogP contribution in [0.25, 0.3) is 0 Å². The Kier molecular flexibility index (Phi) is 1.43. The molecule has 1 unspecified atom stereocenters. The molecule has 0 fully saturated rings. The van der Waals surface area contributed by atoms with Gasteiger partial charge in [-0.1, -0.05) is 0 Å². The van der Waals surface area contributed by atoms with Gasteiger partial charge >= 0.3 is 6.41 Å². The highest BCUT2D eigenvalue weighted by atomic mass is 16.1. The second-order valence-corrected chi connectivity index (χ2v) is 2.33. The molecule has 1 amide bonds. The summed E-state index contributed by atoms with van der Waals surface area (Å²) in [5.41, 5.74) is 0. The first-order valence-electron chi connectivity index (χ1n) is 2.83. The van der Waals surface area contributed by atoms with Crippen LogP contribution in [-0.4, -0.2) is 24.5 Å². The first kappa shape index (κ1) is 6.14. The van der Waals surface area contributed by atoms with Gasteiger partial charge in [-0.25, -0.2) is 4.79 Å². The van der Waals surface area contributed by atoms with Crippen LogP contribution < -0.4 is 0 Å². The highest BCUT2D eigenvalue weighted by molar-refractivity contribution is 5.39. The normalized spacial score (nSPS) is 31.7. The van der Waals surface area contributed by atoms with E-state index >= 15 is 0 Å². The van der Waals surface area contributed by atoms with E-state index in [-0.39, 0.29) is 0 Å². The number of rotatable bonds is 1. The second-order valence-electron chi connectivity index (χ2n) is 2.33. The van der Waals surface area contributed by atoms with Crippen molar-refractivity contribution in [3.63, 3.8) is 0 Å². The molecule has 0 aromatic rings. The molecule has 0 aromatic heterocycles. The molecule has 9 heavy (non-hydrogen) atoms. The molecule has 0 aliphatic carbocycles. The predicted octanol–water partition coefficient (Wildman–Crippen LogP) is 0.476. The van der Waals surface area contributed by atoms with Crippen molar-refractivity contribution in [2.75, 3.05) is 13.6 Å². The lowest BCUT2D eigenvalue weighted by molar-refractivity contribution is -0.766. The molecule has 0 saturated carbocycles. The first-order chi connectivity index (χ1) is 4.27. The van der Waals surface area contributed by atoms with Crippen LogP contribution in [0.3, 0.4) is 0 Å². The quantitative estimate of drug-likeness (QED) is 0.281. The molecule has 0 bridgehead atoms. The summed E-state index contributed by atoms with van der Waals surface area (Å²) in [6, 6.07) is 0. The molecule has 46 valence electrons. The SMILES string of the molecule is C[N+]1(C=O)C=[C+]C=CC1. The minimum absolute atomic E-state index is 0.316. The van der Waals surface area contributed by atoms with E-state index in [0.29, 0.717) is 4.48 Å². The van der Waals surface area contributed by atoms with Crippen LogP contribution in [0, 0.1) is 6.08 Å². The topological polar surface area (TPSA) is 17.1 Å². The number of carbonyl (C=O) groups is 1. The molecule has 2 nitrogen and oxygen atoms in total. The Morgan fingerprint density at radius 3 is 2.89 bits per heavy atom. The number of amides is 1. The smallest absolute Gasteiger partial charge is 0.233 e. The standard InChI is InChI=1S/C7H9NO/c1-8(7-9)5-3-2-4-6-8/h2-3,6-7H,5H2,1H3/q+2. The van der Waals surface area contributed by atoms with Crippen molar-refractivity contribution in [2.24, 2.45) is 0 Å². The number of likely N-dealkylation sites (N-methyl/N-ethyl adjacent to an activating group) is 1. The Bertz CT molecular complexity index is 172. The summed E-state index contributed by atoms with van der Waals surface area (Å²) in [4.78, 5) is 10.3. The Hall–Kier alpha value is -0.980. The van der Waals surface area contributed by atoms with Gasteiger partial charge in [0.25, 0.3) is 0 Å². The predicted molar refractivity (Wildman–Crippen MR) is 34.1 cm³/mol. The van der Waals surface area contributed by atoms with Crippen molar-refractivity contribution in [1.82, 2.24) is 0 Å². The van der Waals surface area contributed by atoms with Crippen LogP contribution in [0.2, 0.25) is 0 Å². The van der Waals surface area contributed by atoms with Gasteiger partial charge in [-0.15, -0.1) is 0 Å². The zero-order chi connectivity index (χ0) is 6.74. The average molecular weight is 123 g/mol. The molecule has 0 spiro atoms. The largest absolute Gasteiger partial charge is 0.309 e. The van der Waals surface area contributed by atoms with Gasteiger partial charge in [-0.3, -0.25) is 0 Å². The van der Waals surface area contributed by atoms with Crippen molar-refractivity contribution >= 4 is 6.41 Å². The van der Waals surface area contributed by atoms with Crippen LogP contribution in [0.4, 0.5) is 0 Å². The molecule has 0 aromatic carbocycles. The molecule has 1 aliphatic heterocycles. The van der Waals surface area contributed by atoms with E-state index < -0.39 is 0 Å². The number of hydrogen-bond donors (Lipinski definition) is 0. The summed E-state index contributed by atoms with van der Waals surface area (Å²) in [6.45, 7) is 0.747. The van der Waals surface area contributed by atoms with Gasteiger partial charge in [-0.2, -0.15) is 4.48 Å². The van der Waals surface area contributed by atoms with Crippen LogP contribution in [0.5, 0.6) is 0 Å². The third-order valence-corrected chi connectivity index (χ3v) is 1.32. The second kappa shape index (κ2) is 2.09. The lowest BCUT2D eigenvalue weighted by Gasteiger charge is -2.15. The molecule has 1 heterocycles. The molecule has 1 rings (SSSR count). The van der Waals surface area contributed by atoms with Gasteiger partial charge in [0.05, 0.1) is 7.05 Å². The lowest BCUT2D eigenvalue weighted by Crippen LogP contribution is -2.37. The number of carbonyl (C=O) groups excluding carboxylic acids is 1. The van der Waals surface area contributed by atoms with Gasteiger partial charge < -0.3 is 0 Å². The van der Waals surface area contributed by atoms with Gasteiger partial charge in [0.15, 0.2) is 18.7 Å². The minimum atomic E-state index is 0.316. The number of allylic oxidation sites excluding steroid dienone is 2. The minimum Gasteiger partial charge on any atom is -0.233 e. The van der Waals surface area contributed by atoms with E-state index in [9.17, 15) is 4.79 Å². The van der Waals surface area contributed by atoms with Crippen LogP contribution >= 0.6 is 0 Å². The zero-order valence-electron chi connectivity index (χ0n) is 5.37. The summed E-state index contributed by atoms with van der Waals surface area (Å²) in [7, 11) is 1.84. The zero-order valence-corrected chi connectivity index (χ0v) is 5.37. The van der Waals surface area contributed by atoms with Crippen LogP contribution in [-0.2, 0) is 4.79 Å². The van der Waals surface area contributed by atoms with Crippen molar-refractivity contribution in [2.45, 2.75) is 0 Å². The van der Waals surface area contributed by atoms with Crippen LogP contribution in [0.15, 0.2) is 18.4 Å². The molecular weight excluding hydrogens is 114 g/mol. The fourth-order valence-electron chi connectivity index (χ4n) is 0.687. The first-order valence-corrected chi connectivity index (χ1v) is 2.83. The van der Waals surface area contributed by atoms with Crippen molar-refractivity contribution < 1.29 is 9.28 Å². The van der Waals surface area contributed by atoms with Crippen LogP contribution in [0.1, 0.15) is 0 Å². The Morgan fingerprint density at radius 1 is 1.78 bits per heavy atom. The van der Waals surface area contributed by atoms with E-state index in [4.69, 9.17) is 0 Å². The van der Waals surface area contributed by atoms with E-state index in [1.54, 1.807) is 6.20 Å². The number of quaternary nitrogens is 1. The van der Waals surface area contributed by atoms with Crippen molar-refractivity contribution in [3.8, 4) is 0 Å². The Labute approximate surface area is 54.7 Å². The Balaban J connectivity index is 2.73. The molecule has 0 saturated heterocycles. The number of nitrogens with zero attached hydrogens (tertiary/aromatic N) is 1. The van der Waals surface area contributed by atoms with Crippen molar-refractivity contribution in [1.29, 1.82) is 0 Å². The summed E-state index contributed by atoms with van der Waals surface area (Å²) in [5, 5.41) is 0. The van der Waals surface area contributed by atoms with Gasteiger partial charge in [0.1, 0.15) is 6.08 Å². The summed E-state index contributed by atoms with van der Waals surface area (Å²) >= 11 is 0.